The molecule has 2 aromatic heterocycles. The second-order valence-electron chi connectivity index (χ2n) is 2.80. The molecule has 12 heavy (non-hydrogen) atoms. The van der Waals surface area contributed by atoms with E-state index in [9.17, 15) is 0 Å². The van der Waals surface area contributed by atoms with Crippen LogP contribution in [0.4, 0.5) is 0 Å². The lowest BCUT2D eigenvalue weighted by Gasteiger charge is -1.95. The number of aromatic nitrogens is 1. The molecule has 0 aliphatic heterocycles. The van der Waals surface area contributed by atoms with Gasteiger partial charge in [0.15, 0.2) is 0 Å². The van der Waals surface area contributed by atoms with Crippen molar-refractivity contribution in [2.24, 2.45) is 0 Å². The molecule has 2 heteroatoms. The number of hydrogen-bond donors (Lipinski definition) is 0. The van der Waals surface area contributed by atoms with E-state index in [1.165, 1.54) is 11.1 Å². The van der Waals surface area contributed by atoms with E-state index in [2.05, 4.69) is 13.0 Å². The number of rotatable bonds is 1. The van der Waals surface area contributed by atoms with Crippen molar-refractivity contribution >= 4 is 17.1 Å². The lowest BCUT2D eigenvalue weighted by atomic mass is 10.2. The smallest absolute Gasteiger partial charge is 0.113 e. The van der Waals surface area contributed by atoms with E-state index in [0.29, 0.717) is 0 Å². The molecular weight excluding hydrogens is 170 g/mol. The van der Waals surface area contributed by atoms with Crippen LogP contribution in [0.15, 0.2) is 30.5 Å². The summed E-state index contributed by atoms with van der Waals surface area (Å²) in [6, 6.07) is 8.13. The molecule has 0 N–H and O–H groups in total. The molecule has 0 fully saturated rings. The fourth-order valence-electron chi connectivity index (χ4n) is 1.46. The molecule has 0 spiro atoms. The molecule has 2 heterocycles. The zero-order chi connectivity index (χ0) is 8.55. The topological polar surface area (TPSA) is 4.41 Å². The summed E-state index contributed by atoms with van der Waals surface area (Å²) in [5, 5.41) is 0.794. The summed E-state index contributed by atoms with van der Waals surface area (Å²) in [4.78, 5) is 0. The van der Waals surface area contributed by atoms with Crippen molar-refractivity contribution < 1.29 is 0 Å². The van der Waals surface area contributed by atoms with Crippen molar-refractivity contribution in [2.75, 3.05) is 0 Å². The molecule has 0 saturated carbocycles. The third-order valence-corrected chi connectivity index (χ3v) is 2.38. The second kappa shape index (κ2) is 2.83. The highest BCUT2D eigenvalue weighted by molar-refractivity contribution is 6.30. The Balaban J connectivity index is 2.82. The maximum Gasteiger partial charge on any atom is 0.113 e. The quantitative estimate of drug-likeness (QED) is 0.634. The van der Waals surface area contributed by atoms with Crippen molar-refractivity contribution in [2.45, 2.75) is 13.3 Å². The van der Waals surface area contributed by atoms with Gasteiger partial charge in [-0.25, -0.2) is 0 Å². The van der Waals surface area contributed by atoms with Gasteiger partial charge < -0.3 is 4.40 Å². The van der Waals surface area contributed by atoms with E-state index in [1.54, 1.807) is 0 Å². The van der Waals surface area contributed by atoms with E-state index < -0.39 is 0 Å². The van der Waals surface area contributed by atoms with Gasteiger partial charge in [0.05, 0.1) is 0 Å². The summed E-state index contributed by atoms with van der Waals surface area (Å²) in [6.07, 6.45) is 3.01. The standard InChI is InChI=1S/C10H10ClN/c1-2-8-7-10(11)12-6-4-3-5-9(8)12/h3-7H,2H2,1H3. The molecule has 0 bridgehead atoms. The van der Waals surface area contributed by atoms with Crippen LogP contribution in [0, 0.1) is 0 Å². The van der Waals surface area contributed by atoms with Crippen LogP contribution in [-0.2, 0) is 6.42 Å². The van der Waals surface area contributed by atoms with Crippen LogP contribution in [0.5, 0.6) is 0 Å². The second-order valence-corrected chi connectivity index (χ2v) is 3.19. The van der Waals surface area contributed by atoms with Crippen LogP contribution in [0.25, 0.3) is 5.52 Å². The predicted molar refractivity (Wildman–Crippen MR) is 51.8 cm³/mol. The van der Waals surface area contributed by atoms with Gasteiger partial charge in [0.1, 0.15) is 5.15 Å². The molecule has 0 aromatic carbocycles. The monoisotopic (exact) mass is 179 g/mol. The highest BCUT2D eigenvalue weighted by atomic mass is 35.5. The van der Waals surface area contributed by atoms with Gasteiger partial charge in [-0.3, -0.25) is 0 Å². The first-order valence-corrected chi connectivity index (χ1v) is 4.45. The first-order chi connectivity index (χ1) is 5.83. The lowest BCUT2D eigenvalue weighted by Crippen LogP contribution is -1.82. The largest absolute Gasteiger partial charge is 0.307 e. The molecule has 0 aliphatic carbocycles. The molecule has 0 aliphatic rings. The third kappa shape index (κ3) is 1.01. The van der Waals surface area contributed by atoms with E-state index in [0.717, 1.165) is 11.6 Å². The maximum atomic E-state index is 6.02. The average molecular weight is 180 g/mol. The Hall–Kier alpha value is -0.950. The fraction of sp³-hybridized carbons (Fsp3) is 0.200. The Morgan fingerprint density at radius 1 is 1.42 bits per heavy atom. The summed E-state index contributed by atoms with van der Waals surface area (Å²) < 4.78 is 2.00. The summed E-state index contributed by atoms with van der Waals surface area (Å²) in [5.41, 5.74) is 2.52. The Morgan fingerprint density at radius 2 is 2.25 bits per heavy atom. The van der Waals surface area contributed by atoms with Gasteiger partial charge in [-0.1, -0.05) is 24.6 Å². The van der Waals surface area contributed by atoms with E-state index in [1.807, 2.05) is 28.8 Å². The minimum absolute atomic E-state index is 0.794. The summed E-state index contributed by atoms with van der Waals surface area (Å²) >= 11 is 6.02. The number of halogens is 1. The lowest BCUT2D eigenvalue weighted by molar-refractivity contribution is 1.15. The van der Waals surface area contributed by atoms with Crippen LogP contribution in [-0.4, -0.2) is 4.40 Å². The molecular formula is C10H10ClN. The first-order valence-electron chi connectivity index (χ1n) is 4.07. The summed E-state index contributed by atoms with van der Waals surface area (Å²) in [5.74, 6) is 0. The first kappa shape index (κ1) is 7.69. The van der Waals surface area contributed by atoms with Gasteiger partial charge >= 0.3 is 0 Å². The van der Waals surface area contributed by atoms with Gasteiger partial charge in [-0.05, 0) is 30.2 Å². The third-order valence-electron chi connectivity index (χ3n) is 2.09. The Bertz CT molecular complexity index is 403. The number of aryl methyl sites for hydroxylation is 1. The van der Waals surface area contributed by atoms with Crippen LogP contribution < -0.4 is 0 Å². The molecule has 0 atom stereocenters. The Kier molecular flexibility index (Phi) is 1.81. The van der Waals surface area contributed by atoms with Crippen LogP contribution in [0.2, 0.25) is 5.15 Å². The Morgan fingerprint density at radius 3 is 3.00 bits per heavy atom. The minimum Gasteiger partial charge on any atom is -0.307 e. The van der Waals surface area contributed by atoms with E-state index >= 15 is 0 Å². The molecule has 0 amide bonds. The SMILES string of the molecule is CCc1cc(Cl)n2ccccc12. The van der Waals surface area contributed by atoms with E-state index in [4.69, 9.17) is 11.6 Å². The number of hydrogen-bond acceptors (Lipinski definition) is 0. The van der Waals surface area contributed by atoms with Crippen molar-refractivity contribution in [1.29, 1.82) is 0 Å². The Labute approximate surface area is 76.6 Å². The molecule has 0 saturated heterocycles. The number of fused-ring (bicyclic) bond motifs is 1. The molecule has 2 rings (SSSR count). The maximum absolute atomic E-state index is 6.02. The zero-order valence-corrected chi connectivity index (χ0v) is 7.67. The van der Waals surface area contributed by atoms with Crippen LogP contribution >= 0.6 is 11.6 Å². The van der Waals surface area contributed by atoms with Gasteiger partial charge in [-0.2, -0.15) is 0 Å². The highest BCUT2D eigenvalue weighted by Crippen LogP contribution is 2.20. The van der Waals surface area contributed by atoms with Gasteiger partial charge in [0.2, 0.25) is 0 Å². The molecule has 62 valence electrons. The highest BCUT2D eigenvalue weighted by Gasteiger charge is 2.03. The van der Waals surface area contributed by atoms with Crippen molar-refractivity contribution in [3.63, 3.8) is 0 Å². The molecule has 1 nitrogen and oxygen atoms in total. The van der Waals surface area contributed by atoms with Crippen molar-refractivity contribution in [3.8, 4) is 0 Å². The van der Waals surface area contributed by atoms with Crippen molar-refractivity contribution in [1.82, 2.24) is 4.40 Å². The molecule has 0 unspecified atom stereocenters. The van der Waals surface area contributed by atoms with Gasteiger partial charge in [0.25, 0.3) is 0 Å². The number of pyridine rings is 1. The average Bonchev–Trinajstić information content (AvgIpc) is 2.44. The normalized spacial score (nSPS) is 10.8. The molecule has 0 radical (unpaired) electrons. The van der Waals surface area contributed by atoms with Gasteiger partial charge in [0, 0.05) is 11.7 Å². The van der Waals surface area contributed by atoms with Crippen LogP contribution in [0.3, 0.4) is 0 Å². The van der Waals surface area contributed by atoms with Crippen LogP contribution in [0.1, 0.15) is 12.5 Å². The minimum atomic E-state index is 0.794. The van der Waals surface area contributed by atoms with Gasteiger partial charge in [-0.15, -0.1) is 0 Å². The van der Waals surface area contributed by atoms with E-state index in [-0.39, 0.29) is 0 Å². The summed E-state index contributed by atoms with van der Waals surface area (Å²) in [7, 11) is 0. The fourth-order valence-corrected chi connectivity index (χ4v) is 1.74. The number of nitrogens with zero attached hydrogens (tertiary/aromatic N) is 1. The summed E-state index contributed by atoms with van der Waals surface area (Å²) in [6.45, 7) is 2.14. The zero-order valence-electron chi connectivity index (χ0n) is 6.92. The predicted octanol–water partition coefficient (Wildman–Crippen LogP) is 3.16. The van der Waals surface area contributed by atoms with Crippen molar-refractivity contribution in [3.05, 3.63) is 41.2 Å². The molecule has 2 aromatic rings.